The number of nitrogens with one attached hydrogen (secondary N) is 1. The van der Waals surface area contributed by atoms with Gasteiger partial charge >= 0.3 is 0 Å². The molecule has 2 amide bonds. The van der Waals surface area contributed by atoms with Crippen LogP contribution in [0, 0.1) is 0 Å². The molecule has 0 aromatic heterocycles. The summed E-state index contributed by atoms with van der Waals surface area (Å²) in [4.78, 5) is 28.7. The zero-order valence-electron chi connectivity index (χ0n) is 23.8. The van der Waals surface area contributed by atoms with E-state index in [9.17, 15) is 18.0 Å². The van der Waals surface area contributed by atoms with Crippen molar-refractivity contribution < 1.29 is 22.7 Å². The number of unbranched alkanes of at least 4 members (excludes halogenated alkanes) is 1. The Morgan fingerprint density at radius 2 is 1.59 bits per heavy atom. The fourth-order valence-electron chi connectivity index (χ4n) is 4.34. The smallest absolute Gasteiger partial charge is 0.264 e. The second kappa shape index (κ2) is 15.4. The van der Waals surface area contributed by atoms with Crippen molar-refractivity contribution >= 4 is 39.1 Å². The Morgan fingerprint density at radius 3 is 2.17 bits per heavy atom. The number of anilines is 1. The van der Waals surface area contributed by atoms with Crippen molar-refractivity contribution in [3.05, 3.63) is 89.4 Å². The predicted octanol–water partition coefficient (Wildman–Crippen LogP) is 5.66. The highest BCUT2D eigenvalue weighted by Gasteiger charge is 2.33. The van der Waals surface area contributed by atoms with Crippen LogP contribution in [0.25, 0.3) is 0 Å². The van der Waals surface area contributed by atoms with E-state index in [1.165, 1.54) is 17.0 Å². The monoisotopic (exact) mass is 599 g/mol. The molecule has 0 bridgehead atoms. The number of carbonyl (C=O) groups excluding carboxylic acids is 2. The van der Waals surface area contributed by atoms with E-state index in [0.717, 1.165) is 22.7 Å². The first-order valence-electron chi connectivity index (χ1n) is 13.8. The lowest BCUT2D eigenvalue weighted by Gasteiger charge is -2.33. The summed E-state index contributed by atoms with van der Waals surface area (Å²) >= 11 is 6.07. The molecule has 3 aromatic carbocycles. The van der Waals surface area contributed by atoms with Crippen molar-refractivity contribution in [2.75, 3.05) is 24.0 Å². The van der Waals surface area contributed by atoms with E-state index in [4.69, 9.17) is 16.3 Å². The van der Waals surface area contributed by atoms with Crippen LogP contribution in [0.5, 0.6) is 5.75 Å². The summed E-state index contributed by atoms with van der Waals surface area (Å²) in [7, 11) is -4.15. The number of halogens is 1. The van der Waals surface area contributed by atoms with Crippen molar-refractivity contribution in [3.63, 3.8) is 0 Å². The highest BCUT2D eigenvalue weighted by Crippen LogP contribution is 2.26. The Kier molecular flexibility index (Phi) is 12.0. The summed E-state index contributed by atoms with van der Waals surface area (Å²) in [6.45, 7) is 6.27. The first-order chi connectivity index (χ1) is 19.7. The second-order valence-corrected chi connectivity index (χ2v) is 11.8. The van der Waals surface area contributed by atoms with Gasteiger partial charge in [0, 0.05) is 18.1 Å². The number of amides is 2. The van der Waals surface area contributed by atoms with Crippen molar-refractivity contribution in [3.8, 4) is 5.75 Å². The van der Waals surface area contributed by atoms with Crippen LogP contribution >= 0.6 is 11.6 Å². The standard InChI is InChI=1S/C31H38ClN3O5S/c1-4-7-21-33-31(37)29(5-2)34(22-24-13-15-25(32)16-14-24)30(36)23-35(26-11-9-8-10-12-26)41(38,39)28-19-17-27(18-20-28)40-6-3/h8-20,29H,4-7,21-23H2,1-3H3,(H,33,37)/t29-/m1/s1. The summed E-state index contributed by atoms with van der Waals surface area (Å²) in [5.74, 6) is -0.234. The van der Waals surface area contributed by atoms with Gasteiger partial charge in [-0.2, -0.15) is 0 Å². The molecule has 3 rings (SSSR count). The fraction of sp³-hybridized carbons (Fsp3) is 0.355. The number of nitrogens with zero attached hydrogens (tertiary/aromatic N) is 2. The van der Waals surface area contributed by atoms with Gasteiger partial charge in [-0.25, -0.2) is 8.42 Å². The lowest BCUT2D eigenvalue weighted by molar-refractivity contribution is -0.140. The zero-order valence-corrected chi connectivity index (χ0v) is 25.3. The van der Waals surface area contributed by atoms with Gasteiger partial charge in [0.15, 0.2) is 0 Å². The molecule has 10 heteroatoms. The van der Waals surface area contributed by atoms with Crippen LogP contribution in [0.2, 0.25) is 5.02 Å². The van der Waals surface area contributed by atoms with Crippen LogP contribution in [0.1, 0.15) is 45.6 Å². The maximum absolute atomic E-state index is 14.0. The third-order valence-electron chi connectivity index (χ3n) is 6.53. The Bertz CT molecular complexity index is 1370. The molecule has 8 nitrogen and oxygen atoms in total. The third-order valence-corrected chi connectivity index (χ3v) is 8.57. The number of ether oxygens (including phenoxy) is 1. The van der Waals surface area contributed by atoms with E-state index in [1.807, 2.05) is 20.8 Å². The molecule has 0 aliphatic carbocycles. The van der Waals surface area contributed by atoms with Crippen molar-refractivity contribution in [2.24, 2.45) is 0 Å². The SMILES string of the molecule is CCCCNC(=O)[C@@H](CC)N(Cc1ccc(Cl)cc1)C(=O)CN(c1ccccc1)S(=O)(=O)c1ccc(OCC)cc1. The molecule has 0 aliphatic rings. The number of rotatable bonds is 15. The Labute approximate surface area is 248 Å². The Morgan fingerprint density at radius 1 is 0.927 bits per heavy atom. The normalized spacial score (nSPS) is 11.9. The van der Waals surface area contributed by atoms with Crippen molar-refractivity contribution in [1.29, 1.82) is 0 Å². The number of hydrogen-bond acceptors (Lipinski definition) is 5. The molecule has 0 saturated heterocycles. The van der Waals surface area contributed by atoms with Gasteiger partial charge in [0.2, 0.25) is 11.8 Å². The Balaban J connectivity index is 1.99. The lowest BCUT2D eigenvalue weighted by Crippen LogP contribution is -2.52. The van der Waals surface area contributed by atoms with Crippen LogP contribution in [0.15, 0.2) is 83.8 Å². The van der Waals surface area contributed by atoms with Gasteiger partial charge < -0.3 is 15.0 Å². The van der Waals surface area contributed by atoms with Gasteiger partial charge in [0.1, 0.15) is 18.3 Å². The average molecular weight is 600 g/mol. The van der Waals surface area contributed by atoms with Crippen LogP contribution in [-0.2, 0) is 26.2 Å². The summed E-state index contributed by atoms with van der Waals surface area (Å²) < 4.78 is 34.4. The van der Waals surface area contributed by atoms with E-state index >= 15 is 0 Å². The highest BCUT2D eigenvalue weighted by atomic mass is 35.5. The molecule has 41 heavy (non-hydrogen) atoms. The molecule has 1 atom stereocenters. The molecule has 0 spiro atoms. The molecule has 0 radical (unpaired) electrons. The molecular weight excluding hydrogens is 562 g/mol. The summed E-state index contributed by atoms with van der Waals surface area (Å²) in [5.41, 5.74) is 1.10. The topological polar surface area (TPSA) is 96.0 Å². The summed E-state index contributed by atoms with van der Waals surface area (Å²) in [6.07, 6.45) is 2.09. The van der Waals surface area contributed by atoms with E-state index in [1.54, 1.807) is 66.7 Å². The van der Waals surface area contributed by atoms with Crippen molar-refractivity contribution in [2.45, 2.75) is 57.5 Å². The van der Waals surface area contributed by atoms with Gasteiger partial charge in [-0.05, 0) is 73.9 Å². The van der Waals surface area contributed by atoms with Gasteiger partial charge in [0.25, 0.3) is 10.0 Å². The first kappa shape index (κ1) is 32.0. The quantitative estimate of drug-likeness (QED) is 0.228. The second-order valence-electron chi connectivity index (χ2n) is 9.47. The number of benzene rings is 3. The molecule has 0 saturated carbocycles. The van der Waals surface area contributed by atoms with Crippen molar-refractivity contribution in [1.82, 2.24) is 10.2 Å². The van der Waals surface area contributed by atoms with Crippen LogP contribution in [0.4, 0.5) is 5.69 Å². The average Bonchev–Trinajstić information content (AvgIpc) is 2.97. The lowest BCUT2D eigenvalue weighted by atomic mass is 10.1. The maximum atomic E-state index is 14.0. The van der Waals surface area contributed by atoms with Gasteiger partial charge in [0.05, 0.1) is 17.2 Å². The molecule has 0 aliphatic heterocycles. The van der Waals surface area contributed by atoms with Gasteiger partial charge in [-0.1, -0.05) is 62.2 Å². The minimum atomic E-state index is -4.15. The largest absolute Gasteiger partial charge is 0.494 e. The third kappa shape index (κ3) is 8.71. The summed E-state index contributed by atoms with van der Waals surface area (Å²) in [5, 5.41) is 3.47. The molecular formula is C31H38ClN3O5S. The number of carbonyl (C=O) groups is 2. The zero-order chi connectivity index (χ0) is 29.8. The molecule has 0 unspecified atom stereocenters. The van der Waals surface area contributed by atoms with E-state index < -0.39 is 28.5 Å². The highest BCUT2D eigenvalue weighted by molar-refractivity contribution is 7.92. The molecule has 1 N–H and O–H groups in total. The van der Waals surface area contributed by atoms with Crippen LogP contribution in [0.3, 0.4) is 0 Å². The fourth-order valence-corrected chi connectivity index (χ4v) is 5.88. The molecule has 3 aromatic rings. The number of para-hydroxylation sites is 1. The molecule has 0 heterocycles. The predicted molar refractivity (Wildman–Crippen MR) is 163 cm³/mol. The minimum Gasteiger partial charge on any atom is -0.494 e. The van der Waals surface area contributed by atoms with Crippen LogP contribution < -0.4 is 14.4 Å². The number of sulfonamides is 1. The van der Waals surface area contributed by atoms with E-state index in [-0.39, 0.29) is 17.3 Å². The summed E-state index contributed by atoms with van der Waals surface area (Å²) in [6, 6.07) is 20.8. The van der Waals surface area contributed by atoms with E-state index in [2.05, 4.69) is 5.32 Å². The molecule has 0 fully saturated rings. The van der Waals surface area contributed by atoms with Gasteiger partial charge in [-0.3, -0.25) is 13.9 Å². The first-order valence-corrected chi connectivity index (χ1v) is 15.6. The molecule has 220 valence electrons. The van der Waals surface area contributed by atoms with E-state index in [0.29, 0.717) is 36.0 Å². The Hall–Kier alpha value is -3.56. The maximum Gasteiger partial charge on any atom is 0.264 e. The number of hydrogen-bond donors (Lipinski definition) is 1. The van der Waals surface area contributed by atoms with Gasteiger partial charge in [-0.15, -0.1) is 0 Å². The van der Waals surface area contributed by atoms with Crippen LogP contribution in [-0.4, -0.2) is 50.9 Å². The minimum absolute atomic E-state index is 0.0196.